The molecule has 0 aliphatic carbocycles. The van der Waals surface area contributed by atoms with Crippen molar-refractivity contribution in [3.05, 3.63) is 70.5 Å². The van der Waals surface area contributed by atoms with Crippen LogP contribution in [0.25, 0.3) is 11.6 Å². The van der Waals surface area contributed by atoms with Gasteiger partial charge in [0.2, 0.25) is 0 Å². The van der Waals surface area contributed by atoms with Crippen molar-refractivity contribution in [3.8, 4) is 0 Å². The molecule has 0 aromatic heterocycles. The Hall–Kier alpha value is -2.71. The van der Waals surface area contributed by atoms with E-state index in [1.807, 2.05) is 0 Å². The number of ether oxygens (including phenoxy) is 1. The SMILES string of the molecule is O=C(COC(=O)/C(=C\c1ccc(Cl)cc1)c1ccc(F)cc1)N[C@@H]1CCS(=O)(=O)C1. The Morgan fingerprint density at radius 2 is 1.80 bits per heavy atom. The van der Waals surface area contributed by atoms with Crippen LogP contribution in [0, 0.1) is 5.82 Å². The molecule has 0 saturated carbocycles. The fourth-order valence-corrected chi connectivity index (χ4v) is 4.80. The number of benzene rings is 2. The van der Waals surface area contributed by atoms with Crippen LogP contribution < -0.4 is 5.32 Å². The second kappa shape index (κ2) is 9.40. The summed E-state index contributed by atoms with van der Waals surface area (Å²) in [6.45, 7) is -0.561. The molecule has 0 bridgehead atoms. The lowest BCUT2D eigenvalue weighted by Crippen LogP contribution is -2.38. The summed E-state index contributed by atoms with van der Waals surface area (Å²) in [5, 5.41) is 3.08. The Morgan fingerprint density at radius 1 is 1.13 bits per heavy atom. The fourth-order valence-electron chi connectivity index (χ4n) is 3.00. The maximum absolute atomic E-state index is 13.3. The topological polar surface area (TPSA) is 89.5 Å². The predicted molar refractivity (Wildman–Crippen MR) is 112 cm³/mol. The van der Waals surface area contributed by atoms with Crippen LogP contribution in [0.2, 0.25) is 5.02 Å². The van der Waals surface area contributed by atoms with E-state index in [4.69, 9.17) is 16.3 Å². The lowest BCUT2D eigenvalue weighted by molar-refractivity contribution is -0.143. The van der Waals surface area contributed by atoms with Gasteiger partial charge >= 0.3 is 5.97 Å². The Bertz CT molecular complexity index is 1070. The second-order valence-corrected chi connectivity index (χ2v) is 9.53. The first-order valence-corrected chi connectivity index (χ1v) is 11.3. The van der Waals surface area contributed by atoms with Crippen LogP contribution in [0.1, 0.15) is 17.5 Å². The Morgan fingerprint density at radius 3 is 2.40 bits per heavy atom. The van der Waals surface area contributed by atoms with Crippen molar-refractivity contribution in [2.75, 3.05) is 18.1 Å². The molecule has 158 valence electrons. The minimum atomic E-state index is -3.13. The normalized spacial score (nSPS) is 18.1. The van der Waals surface area contributed by atoms with Crippen LogP contribution in [0.5, 0.6) is 0 Å². The van der Waals surface area contributed by atoms with E-state index in [2.05, 4.69) is 5.32 Å². The molecular weight excluding hydrogens is 433 g/mol. The van der Waals surface area contributed by atoms with Gasteiger partial charge in [0, 0.05) is 11.1 Å². The maximum atomic E-state index is 13.3. The van der Waals surface area contributed by atoms with Gasteiger partial charge in [0.05, 0.1) is 17.1 Å². The molecule has 1 atom stereocenters. The van der Waals surface area contributed by atoms with Gasteiger partial charge < -0.3 is 10.1 Å². The van der Waals surface area contributed by atoms with Gasteiger partial charge in [0.15, 0.2) is 16.4 Å². The van der Waals surface area contributed by atoms with Crippen LogP contribution in [-0.2, 0) is 24.2 Å². The Labute approximate surface area is 178 Å². The average Bonchev–Trinajstić information content (AvgIpc) is 3.04. The van der Waals surface area contributed by atoms with Crippen molar-refractivity contribution in [3.63, 3.8) is 0 Å². The van der Waals surface area contributed by atoms with E-state index in [9.17, 15) is 22.4 Å². The summed E-state index contributed by atoms with van der Waals surface area (Å²) >= 11 is 5.88. The van der Waals surface area contributed by atoms with E-state index in [0.29, 0.717) is 22.6 Å². The van der Waals surface area contributed by atoms with Crippen molar-refractivity contribution in [2.45, 2.75) is 12.5 Å². The first kappa shape index (κ1) is 22.0. The van der Waals surface area contributed by atoms with Crippen molar-refractivity contribution in [1.29, 1.82) is 0 Å². The molecule has 30 heavy (non-hydrogen) atoms. The van der Waals surface area contributed by atoms with E-state index in [0.717, 1.165) is 0 Å². The molecule has 1 heterocycles. The molecule has 1 saturated heterocycles. The first-order chi connectivity index (χ1) is 14.2. The van der Waals surface area contributed by atoms with Crippen LogP contribution in [0.3, 0.4) is 0 Å². The molecule has 3 rings (SSSR count). The summed E-state index contributed by atoms with van der Waals surface area (Å²) < 4.78 is 41.3. The van der Waals surface area contributed by atoms with Gasteiger partial charge in [-0.05, 0) is 47.9 Å². The first-order valence-electron chi connectivity index (χ1n) is 9.12. The molecule has 0 radical (unpaired) electrons. The highest BCUT2D eigenvalue weighted by molar-refractivity contribution is 7.91. The zero-order valence-electron chi connectivity index (χ0n) is 15.8. The number of sulfone groups is 1. The number of nitrogens with one attached hydrogen (secondary N) is 1. The molecule has 2 aromatic rings. The number of rotatable bonds is 6. The smallest absolute Gasteiger partial charge is 0.339 e. The van der Waals surface area contributed by atoms with Crippen molar-refractivity contribution >= 4 is 45.0 Å². The van der Waals surface area contributed by atoms with Gasteiger partial charge in [-0.15, -0.1) is 0 Å². The maximum Gasteiger partial charge on any atom is 0.339 e. The van der Waals surface area contributed by atoms with Gasteiger partial charge in [0.1, 0.15) is 5.82 Å². The number of carbonyl (C=O) groups excluding carboxylic acids is 2. The molecule has 0 unspecified atom stereocenters. The van der Waals surface area contributed by atoms with E-state index in [-0.39, 0.29) is 17.1 Å². The molecule has 9 heteroatoms. The third-order valence-corrected chi connectivity index (χ3v) is 6.51. The number of esters is 1. The zero-order valence-corrected chi connectivity index (χ0v) is 17.4. The summed E-state index contributed by atoms with van der Waals surface area (Å²) in [6, 6.07) is 11.5. The highest BCUT2D eigenvalue weighted by Gasteiger charge is 2.29. The largest absolute Gasteiger partial charge is 0.452 e. The van der Waals surface area contributed by atoms with Crippen LogP contribution >= 0.6 is 11.6 Å². The third kappa shape index (κ3) is 6.14. The molecule has 1 aliphatic rings. The molecule has 2 aromatic carbocycles. The summed E-state index contributed by atoms with van der Waals surface area (Å²) in [5.41, 5.74) is 1.21. The van der Waals surface area contributed by atoms with Crippen LogP contribution in [0.15, 0.2) is 48.5 Å². The van der Waals surface area contributed by atoms with Gasteiger partial charge in [-0.1, -0.05) is 35.9 Å². The number of hydrogen-bond donors (Lipinski definition) is 1. The Kier molecular flexibility index (Phi) is 6.89. The molecule has 1 fully saturated rings. The summed E-state index contributed by atoms with van der Waals surface area (Å²) in [4.78, 5) is 24.7. The predicted octanol–water partition coefficient (Wildman–Crippen LogP) is 2.87. The molecule has 1 N–H and O–H groups in total. The highest BCUT2D eigenvalue weighted by Crippen LogP contribution is 2.21. The molecule has 0 spiro atoms. The van der Waals surface area contributed by atoms with E-state index >= 15 is 0 Å². The van der Waals surface area contributed by atoms with Crippen molar-refractivity contribution in [2.24, 2.45) is 0 Å². The zero-order chi connectivity index (χ0) is 21.7. The highest BCUT2D eigenvalue weighted by atomic mass is 35.5. The minimum absolute atomic E-state index is 0.0241. The molecule has 1 amide bonds. The molecule has 6 nitrogen and oxygen atoms in total. The van der Waals surface area contributed by atoms with Gasteiger partial charge in [-0.2, -0.15) is 0 Å². The minimum Gasteiger partial charge on any atom is -0.452 e. The van der Waals surface area contributed by atoms with Crippen LogP contribution in [-0.4, -0.2) is 44.4 Å². The lowest BCUT2D eigenvalue weighted by Gasteiger charge is -2.12. The fraction of sp³-hybridized carbons (Fsp3) is 0.238. The number of carbonyl (C=O) groups is 2. The van der Waals surface area contributed by atoms with E-state index < -0.39 is 40.2 Å². The lowest BCUT2D eigenvalue weighted by atomic mass is 10.0. The van der Waals surface area contributed by atoms with E-state index in [1.54, 1.807) is 30.3 Å². The summed E-state index contributed by atoms with van der Waals surface area (Å²) in [7, 11) is -3.13. The van der Waals surface area contributed by atoms with Crippen molar-refractivity contribution < 1.29 is 27.1 Å². The standard InChI is InChI=1S/C21H19ClFNO5S/c22-16-5-1-14(2-6-16)11-19(15-3-7-17(23)8-4-15)21(26)29-12-20(25)24-18-9-10-30(27,28)13-18/h1-8,11,18H,9-10,12-13H2,(H,24,25)/b19-11-/t18-/m1/s1. The van der Waals surface area contributed by atoms with Gasteiger partial charge in [-0.3, -0.25) is 4.79 Å². The van der Waals surface area contributed by atoms with E-state index in [1.165, 1.54) is 24.3 Å². The van der Waals surface area contributed by atoms with Gasteiger partial charge in [-0.25, -0.2) is 17.6 Å². The number of hydrogen-bond acceptors (Lipinski definition) is 5. The van der Waals surface area contributed by atoms with Gasteiger partial charge in [0.25, 0.3) is 5.91 Å². The molecule has 1 aliphatic heterocycles. The Balaban J connectivity index is 1.71. The van der Waals surface area contributed by atoms with Crippen molar-refractivity contribution in [1.82, 2.24) is 5.32 Å². The number of amides is 1. The monoisotopic (exact) mass is 451 g/mol. The van der Waals surface area contributed by atoms with Crippen LogP contribution in [0.4, 0.5) is 4.39 Å². The number of halogens is 2. The summed E-state index contributed by atoms with van der Waals surface area (Å²) in [5.74, 6) is -1.91. The quantitative estimate of drug-likeness (QED) is 0.414. The second-order valence-electron chi connectivity index (χ2n) is 6.86. The third-order valence-electron chi connectivity index (χ3n) is 4.49. The summed E-state index contributed by atoms with van der Waals surface area (Å²) in [6.07, 6.45) is 1.88. The average molecular weight is 452 g/mol. The molecular formula is C21H19ClFNO5S.